The van der Waals surface area contributed by atoms with E-state index in [0.29, 0.717) is 6.42 Å². The first-order valence-electron chi connectivity index (χ1n) is 12.5. The third-order valence-electron chi connectivity index (χ3n) is 5.46. The molecule has 0 aromatic heterocycles. The second kappa shape index (κ2) is 20.9. The third kappa shape index (κ3) is 19.5. The highest BCUT2D eigenvalue weighted by atomic mass is 16.5. The van der Waals surface area contributed by atoms with Crippen LogP contribution in [-0.4, -0.2) is 57.9 Å². The second-order valence-electron chi connectivity index (χ2n) is 8.63. The van der Waals surface area contributed by atoms with Crippen LogP contribution in [-0.2, 0) is 9.53 Å². The van der Waals surface area contributed by atoms with E-state index in [1.54, 1.807) is 0 Å². The molecule has 0 fully saturated rings. The van der Waals surface area contributed by atoms with E-state index >= 15 is 0 Å². The Balaban J connectivity index is 3.53. The van der Waals surface area contributed by atoms with Crippen LogP contribution < -0.4 is 0 Å². The summed E-state index contributed by atoms with van der Waals surface area (Å²) in [5, 5.41) is 29.0. The van der Waals surface area contributed by atoms with Crippen molar-refractivity contribution in [2.45, 2.75) is 129 Å². The summed E-state index contributed by atoms with van der Waals surface area (Å²) in [5.41, 5.74) is 0. The first-order chi connectivity index (χ1) is 14.9. The Kier molecular flexibility index (Phi) is 20.3. The van der Waals surface area contributed by atoms with E-state index in [9.17, 15) is 20.1 Å². The van der Waals surface area contributed by atoms with Crippen molar-refractivity contribution in [3.8, 4) is 0 Å². The number of hydrogen-bond acceptors (Lipinski definition) is 6. The van der Waals surface area contributed by atoms with Crippen LogP contribution in [0.4, 0.5) is 0 Å². The first kappa shape index (κ1) is 30.0. The minimum Gasteiger partial charge on any atom is -0.463 e. The number of esters is 1. The Hall–Kier alpha value is -0.950. The van der Waals surface area contributed by atoms with E-state index in [1.807, 2.05) is 0 Å². The Morgan fingerprint density at radius 1 is 0.806 bits per heavy atom. The van der Waals surface area contributed by atoms with Crippen LogP contribution >= 0.6 is 0 Å². The maximum atomic E-state index is 11.8. The topological polar surface area (TPSA) is 90.2 Å². The fourth-order valence-corrected chi connectivity index (χ4v) is 3.51. The van der Waals surface area contributed by atoms with Gasteiger partial charge in [-0.1, -0.05) is 70.4 Å². The normalized spacial score (nSPS) is 14.8. The van der Waals surface area contributed by atoms with E-state index in [-0.39, 0.29) is 19.1 Å². The van der Waals surface area contributed by atoms with Crippen LogP contribution in [0.5, 0.6) is 0 Å². The van der Waals surface area contributed by atoms with Gasteiger partial charge in [0.05, 0.1) is 0 Å². The molecular weight excluding hydrogens is 394 g/mol. The number of aliphatic hydroxyl groups excluding tert-OH is 3. The molecule has 31 heavy (non-hydrogen) atoms. The molecule has 0 aromatic carbocycles. The van der Waals surface area contributed by atoms with Gasteiger partial charge >= 0.3 is 5.97 Å². The van der Waals surface area contributed by atoms with Gasteiger partial charge in [0.15, 0.2) is 0 Å². The predicted octanol–water partition coefficient (Wildman–Crippen LogP) is 4.91. The summed E-state index contributed by atoms with van der Waals surface area (Å²) >= 11 is 0. The van der Waals surface area contributed by atoms with E-state index in [2.05, 4.69) is 19.1 Å². The van der Waals surface area contributed by atoms with Crippen LogP contribution in [0, 0.1) is 0 Å². The molecule has 3 unspecified atom stereocenters. The van der Waals surface area contributed by atoms with Gasteiger partial charge in [-0.05, 0) is 46.0 Å². The summed E-state index contributed by atoms with van der Waals surface area (Å²) < 4.78 is 5.10. The number of carbonyl (C=O) groups is 1. The molecule has 0 aliphatic carbocycles. The zero-order valence-electron chi connectivity index (χ0n) is 20.3. The van der Waals surface area contributed by atoms with Gasteiger partial charge in [-0.25, -0.2) is 0 Å². The highest BCUT2D eigenvalue weighted by Crippen LogP contribution is 2.10. The molecule has 0 spiro atoms. The van der Waals surface area contributed by atoms with Gasteiger partial charge in [0, 0.05) is 13.0 Å². The number of unbranched alkanes of at least 4 members (excludes halogenated alkanes) is 11. The minimum atomic E-state index is -0.942. The molecule has 0 amide bonds. The van der Waals surface area contributed by atoms with Gasteiger partial charge in [0.1, 0.15) is 25.2 Å². The first-order valence-corrected chi connectivity index (χ1v) is 12.5. The van der Waals surface area contributed by atoms with Crippen molar-refractivity contribution >= 4 is 5.97 Å². The Bertz CT molecular complexity index is 432. The SMILES string of the molecule is CCCCCCCC/C=C\CCCCCCCC(=O)OCC(O)CN(C(C)O)C(C)O. The largest absolute Gasteiger partial charge is 0.463 e. The summed E-state index contributed by atoms with van der Waals surface area (Å²) in [6, 6.07) is 0. The van der Waals surface area contributed by atoms with Gasteiger partial charge in [-0.15, -0.1) is 0 Å². The van der Waals surface area contributed by atoms with Gasteiger partial charge in [-0.3, -0.25) is 9.69 Å². The average molecular weight is 444 g/mol. The van der Waals surface area contributed by atoms with Crippen LogP contribution in [0.15, 0.2) is 12.2 Å². The summed E-state index contributed by atoms with van der Waals surface area (Å²) in [7, 11) is 0. The second-order valence-corrected chi connectivity index (χ2v) is 8.63. The van der Waals surface area contributed by atoms with Crippen LogP contribution in [0.2, 0.25) is 0 Å². The minimum absolute atomic E-state index is 0.0377. The molecule has 6 heteroatoms. The lowest BCUT2D eigenvalue weighted by Crippen LogP contribution is -2.45. The predicted molar refractivity (Wildman–Crippen MR) is 126 cm³/mol. The number of ether oxygens (including phenoxy) is 1. The third-order valence-corrected chi connectivity index (χ3v) is 5.46. The molecule has 3 N–H and O–H groups in total. The lowest BCUT2D eigenvalue weighted by molar-refractivity contribution is -0.149. The molecule has 0 heterocycles. The number of nitrogens with zero attached hydrogens (tertiary/aromatic N) is 1. The summed E-state index contributed by atoms with van der Waals surface area (Å²) in [6.45, 7) is 5.19. The number of hydrogen-bond donors (Lipinski definition) is 3. The van der Waals surface area contributed by atoms with E-state index in [4.69, 9.17) is 4.74 Å². The average Bonchev–Trinajstić information content (AvgIpc) is 2.72. The van der Waals surface area contributed by atoms with Gasteiger partial charge < -0.3 is 20.1 Å². The molecule has 3 atom stereocenters. The van der Waals surface area contributed by atoms with E-state index in [0.717, 1.165) is 25.7 Å². The van der Waals surface area contributed by atoms with Crippen molar-refractivity contribution in [2.24, 2.45) is 0 Å². The quantitative estimate of drug-likeness (QED) is 0.101. The monoisotopic (exact) mass is 443 g/mol. The number of aliphatic hydroxyl groups is 3. The fraction of sp³-hybridized carbons (Fsp3) is 0.880. The highest BCUT2D eigenvalue weighted by molar-refractivity contribution is 5.69. The molecule has 0 bridgehead atoms. The Labute approximate surface area is 190 Å². The molecule has 0 rings (SSSR count). The van der Waals surface area contributed by atoms with Crippen molar-refractivity contribution in [3.05, 3.63) is 12.2 Å². The zero-order chi connectivity index (χ0) is 23.3. The molecule has 6 nitrogen and oxygen atoms in total. The maximum Gasteiger partial charge on any atom is 0.305 e. The highest BCUT2D eigenvalue weighted by Gasteiger charge is 2.20. The van der Waals surface area contributed by atoms with Crippen molar-refractivity contribution in [2.75, 3.05) is 13.2 Å². The van der Waals surface area contributed by atoms with Crippen LogP contribution in [0.25, 0.3) is 0 Å². The molecule has 0 saturated heterocycles. The Morgan fingerprint density at radius 2 is 1.29 bits per heavy atom. The molecular formula is C25H49NO5. The number of rotatable bonds is 21. The smallest absolute Gasteiger partial charge is 0.305 e. The van der Waals surface area contributed by atoms with Crippen molar-refractivity contribution < 1.29 is 24.9 Å². The molecule has 0 saturated carbocycles. The van der Waals surface area contributed by atoms with Crippen molar-refractivity contribution in [3.63, 3.8) is 0 Å². The number of allylic oxidation sites excluding steroid dienone is 2. The lowest BCUT2D eigenvalue weighted by Gasteiger charge is -2.29. The molecule has 0 aliphatic rings. The van der Waals surface area contributed by atoms with Crippen LogP contribution in [0.3, 0.4) is 0 Å². The van der Waals surface area contributed by atoms with E-state index < -0.39 is 18.6 Å². The summed E-state index contributed by atoms with van der Waals surface area (Å²) in [4.78, 5) is 13.1. The van der Waals surface area contributed by atoms with Gasteiger partial charge in [0.2, 0.25) is 0 Å². The molecule has 0 radical (unpaired) electrons. The molecule has 0 aliphatic heterocycles. The van der Waals surface area contributed by atoms with E-state index in [1.165, 1.54) is 76.5 Å². The van der Waals surface area contributed by atoms with Gasteiger partial charge in [-0.2, -0.15) is 0 Å². The van der Waals surface area contributed by atoms with Crippen molar-refractivity contribution in [1.29, 1.82) is 0 Å². The van der Waals surface area contributed by atoms with Crippen molar-refractivity contribution in [1.82, 2.24) is 4.90 Å². The fourth-order valence-electron chi connectivity index (χ4n) is 3.51. The maximum absolute atomic E-state index is 11.8. The summed E-state index contributed by atoms with van der Waals surface area (Å²) in [6.07, 6.45) is 18.1. The molecule has 184 valence electrons. The number of carbonyl (C=O) groups excluding carboxylic acids is 1. The standard InChI is InChI=1S/C25H49NO5/c1-4-5-6-7-8-9-10-11-12-13-14-15-16-17-18-19-25(30)31-21-24(29)20-26(22(2)27)23(3)28/h11-12,22-24,27-29H,4-10,13-21H2,1-3H3/b12-11-. The van der Waals surface area contributed by atoms with Crippen LogP contribution in [0.1, 0.15) is 111 Å². The van der Waals surface area contributed by atoms with Gasteiger partial charge in [0.25, 0.3) is 0 Å². The summed E-state index contributed by atoms with van der Waals surface area (Å²) in [5.74, 6) is -0.308. The zero-order valence-corrected chi connectivity index (χ0v) is 20.3. The lowest BCUT2D eigenvalue weighted by atomic mass is 10.1. The molecule has 0 aromatic rings. The Morgan fingerprint density at radius 3 is 1.81 bits per heavy atom.